The number of nitrogens with zero attached hydrogens (tertiary/aromatic N) is 1. The van der Waals surface area contributed by atoms with Gasteiger partial charge < -0.3 is 5.32 Å². The van der Waals surface area contributed by atoms with Crippen LogP contribution in [0.1, 0.15) is 5.56 Å². The molecule has 5 rings (SSSR count). The van der Waals surface area contributed by atoms with Gasteiger partial charge in [0, 0.05) is 28.2 Å². The number of fused-ring (bicyclic) bond motifs is 2. The molecule has 0 bridgehead atoms. The summed E-state index contributed by atoms with van der Waals surface area (Å²) in [5.74, 6) is 0. The van der Waals surface area contributed by atoms with Gasteiger partial charge in [0.1, 0.15) is 4.60 Å². The summed E-state index contributed by atoms with van der Waals surface area (Å²) in [6, 6.07) is 27.5. The van der Waals surface area contributed by atoms with E-state index in [9.17, 15) is 0 Å². The highest BCUT2D eigenvalue weighted by molar-refractivity contribution is 9.12. The standard InChI is InChI=1S/C26H18Br2N2/c27-23-11-12-29-16-19-13-22-20(17-7-3-1-4-8-17)15-25(28)30-24(22)14-21(19)26(23)18-9-5-2-6-10-18/h1-11,13-16,29H,12H2. The number of allylic oxidation sites excluding steroid dienone is 1. The van der Waals surface area contributed by atoms with Crippen molar-refractivity contribution >= 4 is 54.5 Å². The quantitative estimate of drug-likeness (QED) is 0.356. The van der Waals surface area contributed by atoms with E-state index < -0.39 is 0 Å². The monoisotopic (exact) mass is 516 g/mol. The summed E-state index contributed by atoms with van der Waals surface area (Å²) < 4.78 is 1.91. The van der Waals surface area contributed by atoms with Crippen LogP contribution in [0.3, 0.4) is 0 Å². The molecule has 1 aliphatic heterocycles. The number of pyridine rings is 1. The Morgan fingerprint density at radius 1 is 0.800 bits per heavy atom. The molecule has 146 valence electrons. The fourth-order valence-electron chi connectivity index (χ4n) is 3.90. The van der Waals surface area contributed by atoms with Crippen molar-refractivity contribution < 1.29 is 0 Å². The van der Waals surface area contributed by atoms with Gasteiger partial charge in [-0.2, -0.15) is 0 Å². The molecule has 4 heteroatoms. The zero-order valence-corrected chi connectivity index (χ0v) is 19.2. The van der Waals surface area contributed by atoms with E-state index >= 15 is 0 Å². The Bertz CT molecular complexity index is 1390. The van der Waals surface area contributed by atoms with Crippen molar-refractivity contribution in [1.29, 1.82) is 0 Å². The smallest absolute Gasteiger partial charge is 0.107 e. The first kappa shape index (κ1) is 19.3. The van der Waals surface area contributed by atoms with Crippen LogP contribution in [0.4, 0.5) is 0 Å². The topological polar surface area (TPSA) is 24.9 Å². The summed E-state index contributed by atoms with van der Waals surface area (Å²) in [5.41, 5.74) is 5.66. The molecule has 0 fully saturated rings. The molecule has 0 radical (unpaired) electrons. The number of hydrogen-bond acceptors (Lipinski definition) is 2. The van der Waals surface area contributed by atoms with Gasteiger partial charge in [0.05, 0.1) is 5.52 Å². The Balaban J connectivity index is 1.92. The molecule has 4 aromatic rings. The second kappa shape index (κ2) is 8.21. The van der Waals surface area contributed by atoms with Crippen molar-refractivity contribution in [3.63, 3.8) is 0 Å². The highest BCUT2D eigenvalue weighted by Gasteiger charge is 2.13. The van der Waals surface area contributed by atoms with Gasteiger partial charge in [-0.1, -0.05) is 82.7 Å². The van der Waals surface area contributed by atoms with Crippen LogP contribution in [-0.4, -0.2) is 11.5 Å². The zero-order chi connectivity index (χ0) is 20.5. The first-order valence-corrected chi connectivity index (χ1v) is 11.3. The Hall–Kier alpha value is -2.69. The van der Waals surface area contributed by atoms with Gasteiger partial charge in [-0.3, -0.25) is 0 Å². The molecule has 1 N–H and O–H groups in total. The normalized spacial score (nSPS) is 13.5. The molecule has 0 amide bonds. The van der Waals surface area contributed by atoms with Gasteiger partial charge in [0.15, 0.2) is 0 Å². The largest absolute Gasteiger partial charge is 0.387 e. The molecule has 0 saturated heterocycles. The van der Waals surface area contributed by atoms with Crippen LogP contribution in [-0.2, 0) is 0 Å². The van der Waals surface area contributed by atoms with E-state index in [4.69, 9.17) is 4.98 Å². The fourth-order valence-corrected chi connectivity index (χ4v) is 4.92. The SMILES string of the molecule is BrC1=CCNC=c2cc3c(-c4ccccc4)cc(Br)nc3cc2=C1c1ccccc1. The number of hydrogen-bond donors (Lipinski definition) is 1. The van der Waals surface area contributed by atoms with Crippen LogP contribution in [0.15, 0.2) is 94.0 Å². The fraction of sp³-hybridized carbons (Fsp3) is 0.0385. The predicted octanol–water partition coefficient (Wildman–Crippen LogP) is 5.48. The second-order valence-corrected chi connectivity index (χ2v) is 8.83. The molecule has 1 aliphatic rings. The third kappa shape index (κ3) is 3.62. The molecular weight excluding hydrogens is 500 g/mol. The van der Waals surface area contributed by atoms with Crippen molar-refractivity contribution in [2.75, 3.05) is 6.54 Å². The lowest BCUT2D eigenvalue weighted by atomic mass is 9.96. The molecule has 2 nitrogen and oxygen atoms in total. The molecular formula is C26H18Br2N2. The van der Waals surface area contributed by atoms with Crippen LogP contribution in [0, 0.1) is 0 Å². The summed E-state index contributed by atoms with van der Waals surface area (Å²) in [7, 11) is 0. The van der Waals surface area contributed by atoms with E-state index in [1.807, 2.05) is 12.1 Å². The molecule has 2 heterocycles. The highest BCUT2D eigenvalue weighted by atomic mass is 79.9. The molecule has 0 saturated carbocycles. The summed E-state index contributed by atoms with van der Waals surface area (Å²) in [6.07, 6.45) is 4.26. The van der Waals surface area contributed by atoms with Gasteiger partial charge in [0.25, 0.3) is 0 Å². The number of nitrogens with one attached hydrogen (secondary N) is 1. The summed E-state index contributed by atoms with van der Waals surface area (Å²) in [5, 5.41) is 6.83. The molecule has 1 aromatic heterocycles. The molecule has 30 heavy (non-hydrogen) atoms. The Labute approximate surface area is 191 Å². The summed E-state index contributed by atoms with van der Waals surface area (Å²) >= 11 is 7.43. The first-order valence-electron chi connectivity index (χ1n) is 9.76. The molecule has 0 atom stereocenters. The van der Waals surface area contributed by atoms with Crippen LogP contribution in [0.5, 0.6) is 0 Å². The van der Waals surface area contributed by atoms with Crippen LogP contribution in [0.2, 0.25) is 0 Å². The maximum absolute atomic E-state index is 4.81. The van der Waals surface area contributed by atoms with E-state index in [1.165, 1.54) is 22.3 Å². The van der Waals surface area contributed by atoms with Gasteiger partial charge >= 0.3 is 0 Å². The number of halogens is 2. The average molecular weight is 518 g/mol. The zero-order valence-electron chi connectivity index (χ0n) is 16.1. The lowest BCUT2D eigenvalue weighted by Gasteiger charge is -2.13. The summed E-state index contributed by atoms with van der Waals surface area (Å²) in [4.78, 5) is 4.81. The van der Waals surface area contributed by atoms with Crippen molar-refractivity contribution in [1.82, 2.24) is 10.3 Å². The van der Waals surface area contributed by atoms with E-state index in [2.05, 4.69) is 116 Å². The Kier molecular flexibility index (Phi) is 5.28. The van der Waals surface area contributed by atoms with E-state index in [0.29, 0.717) is 0 Å². The molecule has 0 aliphatic carbocycles. The Morgan fingerprint density at radius 3 is 2.23 bits per heavy atom. The summed E-state index contributed by atoms with van der Waals surface area (Å²) in [6.45, 7) is 0.762. The van der Waals surface area contributed by atoms with Crippen LogP contribution < -0.4 is 15.8 Å². The second-order valence-electron chi connectivity index (χ2n) is 7.16. The molecule has 0 unspecified atom stereocenters. The predicted molar refractivity (Wildman–Crippen MR) is 133 cm³/mol. The third-order valence-electron chi connectivity index (χ3n) is 5.26. The minimum atomic E-state index is 0.762. The van der Waals surface area contributed by atoms with Gasteiger partial charge in [-0.25, -0.2) is 4.98 Å². The van der Waals surface area contributed by atoms with Gasteiger partial charge in [0.2, 0.25) is 0 Å². The van der Waals surface area contributed by atoms with E-state index in [0.717, 1.165) is 37.0 Å². The maximum Gasteiger partial charge on any atom is 0.107 e. The van der Waals surface area contributed by atoms with Crippen LogP contribution in [0.25, 0.3) is 33.8 Å². The number of aromatic nitrogens is 1. The maximum atomic E-state index is 4.81. The van der Waals surface area contributed by atoms with E-state index in [-0.39, 0.29) is 0 Å². The minimum absolute atomic E-state index is 0.762. The van der Waals surface area contributed by atoms with Crippen molar-refractivity contribution in [2.45, 2.75) is 0 Å². The minimum Gasteiger partial charge on any atom is -0.387 e. The van der Waals surface area contributed by atoms with Gasteiger partial charge in [-0.05, 0) is 61.3 Å². The molecule has 3 aromatic carbocycles. The third-order valence-corrected chi connectivity index (χ3v) is 6.39. The lowest BCUT2D eigenvalue weighted by molar-refractivity contribution is 1.03. The lowest BCUT2D eigenvalue weighted by Crippen LogP contribution is -2.31. The Morgan fingerprint density at radius 2 is 1.50 bits per heavy atom. The van der Waals surface area contributed by atoms with Crippen LogP contribution >= 0.6 is 31.9 Å². The van der Waals surface area contributed by atoms with Gasteiger partial charge in [-0.15, -0.1) is 0 Å². The molecule has 0 spiro atoms. The number of rotatable bonds is 2. The number of benzene rings is 3. The highest BCUT2D eigenvalue weighted by Crippen LogP contribution is 2.30. The van der Waals surface area contributed by atoms with E-state index in [1.54, 1.807) is 0 Å². The average Bonchev–Trinajstić information content (AvgIpc) is 2.77. The first-order chi connectivity index (χ1) is 14.7. The van der Waals surface area contributed by atoms with Crippen molar-refractivity contribution in [3.05, 3.63) is 110 Å². The van der Waals surface area contributed by atoms with Crippen molar-refractivity contribution in [2.24, 2.45) is 0 Å². The van der Waals surface area contributed by atoms with Crippen molar-refractivity contribution in [3.8, 4) is 11.1 Å².